The van der Waals surface area contributed by atoms with E-state index in [-0.39, 0.29) is 36.0 Å². The van der Waals surface area contributed by atoms with Crippen molar-refractivity contribution in [2.24, 2.45) is 0 Å². The summed E-state index contributed by atoms with van der Waals surface area (Å²) in [6, 6.07) is 9.97. The van der Waals surface area contributed by atoms with Crippen LogP contribution in [-0.2, 0) is 27.4 Å². The lowest BCUT2D eigenvalue weighted by Crippen LogP contribution is -2.26. The second kappa shape index (κ2) is 12.1. The van der Waals surface area contributed by atoms with E-state index in [1.807, 2.05) is 0 Å². The number of halogens is 3. The van der Waals surface area contributed by atoms with Crippen molar-refractivity contribution in [1.29, 1.82) is 0 Å². The van der Waals surface area contributed by atoms with Gasteiger partial charge in [0.15, 0.2) is 23.0 Å². The first-order valence-corrected chi connectivity index (χ1v) is 13.6. The number of carbonyl (C=O) groups is 1. The molecular weight excluding hydrogens is 567 g/mol. The van der Waals surface area contributed by atoms with Crippen LogP contribution in [0, 0.1) is 0 Å². The van der Waals surface area contributed by atoms with Crippen molar-refractivity contribution in [2.45, 2.75) is 17.5 Å². The van der Waals surface area contributed by atoms with Crippen LogP contribution in [0.1, 0.15) is 32.6 Å². The van der Waals surface area contributed by atoms with Crippen LogP contribution in [0.4, 0.5) is 13.2 Å². The van der Waals surface area contributed by atoms with E-state index in [0.717, 1.165) is 12.1 Å². The van der Waals surface area contributed by atoms with Crippen molar-refractivity contribution in [3.63, 3.8) is 0 Å². The molecule has 1 aliphatic heterocycles. The first-order valence-electron chi connectivity index (χ1n) is 12.1. The molecule has 0 saturated heterocycles. The normalized spacial score (nSPS) is 12.9. The van der Waals surface area contributed by atoms with Gasteiger partial charge >= 0.3 is 12.1 Å². The minimum atomic E-state index is -4.58. The van der Waals surface area contributed by atoms with Gasteiger partial charge in [-0.25, -0.2) is 17.9 Å². The molecule has 218 valence electrons. The Bertz CT molecular complexity index is 1570. The van der Waals surface area contributed by atoms with E-state index in [1.54, 1.807) is 36.4 Å². The first kappa shape index (κ1) is 29.7. The van der Waals surface area contributed by atoms with Crippen molar-refractivity contribution in [2.75, 3.05) is 34.7 Å². The molecule has 0 spiro atoms. The summed E-state index contributed by atoms with van der Waals surface area (Å²) < 4.78 is 92.9. The molecule has 0 bridgehead atoms. The van der Waals surface area contributed by atoms with Crippen LogP contribution in [0.15, 0.2) is 53.4 Å². The van der Waals surface area contributed by atoms with Crippen LogP contribution in [0.2, 0.25) is 0 Å². The molecule has 0 unspecified atom stereocenters. The number of rotatable bonds is 10. The molecule has 0 saturated carbocycles. The van der Waals surface area contributed by atoms with E-state index in [0.29, 0.717) is 46.1 Å². The highest BCUT2D eigenvalue weighted by Crippen LogP contribution is 2.38. The Morgan fingerprint density at radius 1 is 0.951 bits per heavy atom. The lowest BCUT2D eigenvalue weighted by Gasteiger charge is -2.14. The van der Waals surface area contributed by atoms with Crippen LogP contribution in [0.25, 0.3) is 12.2 Å². The Balaban J connectivity index is 1.60. The van der Waals surface area contributed by atoms with E-state index >= 15 is 0 Å². The van der Waals surface area contributed by atoms with Crippen molar-refractivity contribution < 1.29 is 50.1 Å². The molecule has 1 aliphatic rings. The molecule has 3 aromatic rings. The third-order valence-electron chi connectivity index (χ3n) is 6.22. The molecule has 0 aromatic heterocycles. The maximum Gasteiger partial charge on any atom is 0.416 e. The maximum atomic E-state index is 12.8. The summed E-state index contributed by atoms with van der Waals surface area (Å²) in [6.45, 7) is -0.0434. The monoisotopic (exact) mass is 593 g/mol. The van der Waals surface area contributed by atoms with Gasteiger partial charge in [0.05, 0.1) is 31.8 Å². The number of nitrogens with one attached hydrogen (secondary N) is 1. The van der Waals surface area contributed by atoms with Crippen molar-refractivity contribution in [1.82, 2.24) is 4.72 Å². The van der Waals surface area contributed by atoms with Crippen LogP contribution in [0.3, 0.4) is 0 Å². The Kier molecular flexibility index (Phi) is 8.78. The molecule has 0 atom stereocenters. The zero-order chi connectivity index (χ0) is 29.8. The van der Waals surface area contributed by atoms with Gasteiger partial charge < -0.3 is 23.7 Å². The highest BCUT2D eigenvalue weighted by Gasteiger charge is 2.30. The summed E-state index contributed by atoms with van der Waals surface area (Å²) in [5.74, 6) is 0.867. The second-order valence-electron chi connectivity index (χ2n) is 8.66. The summed E-state index contributed by atoms with van der Waals surface area (Å²) in [7, 11) is 0.0191. The zero-order valence-electron chi connectivity index (χ0n) is 22.2. The Labute approximate surface area is 234 Å². The van der Waals surface area contributed by atoms with Crippen LogP contribution >= 0.6 is 0 Å². The number of benzene rings is 3. The molecule has 0 fully saturated rings. The number of esters is 1. The zero-order valence-corrected chi connectivity index (χ0v) is 23.0. The van der Waals surface area contributed by atoms with Crippen molar-refractivity contribution in [3.05, 3.63) is 76.3 Å². The van der Waals surface area contributed by atoms with Gasteiger partial charge in [-0.05, 0) is 65.6 Å². The van der Waals surface area contributed by atoms with Gasteiger partial charge in [-0.2, -0.15) is 13.2 Å². The summed E-state index contributed by atoms with van der Waals surface area (Å²) >= 11 is 0. The van der Waals surface area contributed by atoms with Crippen molar-refractivity contribution in [3.8, 4) is 23.0 Å². The van der Waals surface area contributed by atoms with Crippen LogP contribution in [-0.4, -0.2) is 49.1 Å². The van der Waals surface area contributed by atoms with Gasteiger partial charge in [-0.3, -0.25) is 0 Å². The number of sulfonamides is 1. The Morgan fingerprint density at radius 2 is 1.61 bits per heavy atom. The molecule has 0 radical (unpaired) electrons. The van der Waals surface area contributed by atoms with Gasteiger partial charge in [-0.1, -0.05) is 18.2 Å². The topological polar surface area (TPSA) is 109 Å². The molecule has 9 nitrogen and oxygen atoms in total. The highest BCUT2D eigenvalue weighted by molar-refractivity contribution is 7.89. The fourth-order valence-electron chi connectivity index (χ4n) is 4.17. The van der Waals surface area contributed by atoms with Gasteiger partial charge in [0, 0.05) is 6.54 Å². The smallest absolute Gasteiger partial charge is 0.416 e. The number of methoxy groups -OCH3 is 3. The Morgan fingerprint density at radius 3 is 2.22 bits per heavy atom. The van der Waals surface area contributed by atoms with E-state index in [9.17, 15) is 26.4 Å². The fourth-order valence-corrected chi connectivity index (χ4v) is 5.20. The molecule has 41 heavy (non-hydrogen) atoms. The SMILES string of the molecule is COC(=O)c1c(/C=C/c2cc3c(cc2CCNS(=O)(=O)c2ccc(C(F)(F)F)cc2)OCO3)ccc(OC)c1OC. The van der Waals surface area contributed by atoms with Gasteiger partial charge in [0.25, 0.3) is 0 Å². The first-order chi connectivity index (χ1) is 19.5. The standard InChI is InChI=1S/C28H26F3NO8S/c1-36-22-11-6-17(25(26(22)37-2)27(33)38-3)4-5-18-14-23-24(40-16-39-23)15-19(18)12-13-32-41(34,35)21-9-7-20(8-10-21)28(29,30)31/h4-11,14-15,32H,12-13,16H2,1-3H3/b5-4+. The maximum absolute atomic E-state index is 12.8. The highest BCUT2D eigenvalue weighted by atomic mass is 32.2. The van der Waals surface area contributed by atoms with Gasteiger partial charge in [0.2, 0.25) is 16.8 Å². The summed E-state index contributed by atoms with van der Waals surface area (Å²) in [5.41, 5.74) is 1.01. The van der Waals surface area contributed by atoms with E-state index in [4.69, 9.17) is 23.7 Å². The van der Waals surface area contributed by atoms with Crippen LogP contribution in [0.5, 0.6) is 23.0 Å². The molecule has 13 heteroatoms. The lowest BCUT2D eigenvalue weighted by molar-refractivity contribution is -0.137. The summed E-state index contributed by atoms with van der Waals surface area (Å²) in [4.78, 5) is 12.3. The fraction of sp³-hybridized carbons (Fsp3) is 0.250. The number of hydrogen-bond acceptors (Lipinski definition) is 8. The summed E-state index contributed by atoms with van der Waals surface area (Å²) in [6.07, 6.45) is -0.990. The van der Waals surface area contributed by atoms with E-state index in [2.05, 4.69) is 4.72 Å². The van der Waals surface area contributed by atoms with E-state index in [1.165, 1.54) is 21.3 Å². The lowest BCUT2D eigenvalue weighted by atomic mass is 10.00. The molecule has 4 rings (SSSR count). The molecule has 3 aromatic carbocycles. The van der Waals surface area contributed by atoms with E-state index < -0.39 is 27.7 Å². The number of fused-ring (bicyclic) bond motifs is 1. The quantitative estimate of drug-likeness (QED) is 0.261. The molecule has 1 heterocycles. The average Bonchev–Trinajstić information content (AvgIpc) is 3.41. The minimum Gasteiger partial charge on any atom is -0.493 e. The average molecular weight is 594 g/mol. The number of carbonyl (C=O) groups excluding carboxylic acids is 1. The summed E-state index contributed by atoms with van der Waals surface area (Å²) in [5, 5.41) is 0. The van der Waals surface area contributed by atoms with Gasteiger partial charge in [-0.15, -0.1) is 0 Å². The van der Waals surface area contributed by atoms with Crippen LogP contribution < -0.4 is 23.7 Å². The van der Waals surface area contributed by atoms with Crippen molar-refractivity contribution >= 4 is 28.1 Å². The molecule has 0 aliphatic carbocycles. The molecular formula is C28H26F3NO8S. The Hall–Kier alpha value is -4.23. The second-order valence-corrected chi connectivity index (χ2v) is 10.4. The predicted octanol–water partition coefficient (Wildman–Crippen LogP) is 4.93. The largest absolute Gasteiger partial charge is 0.493 e. The molecule has 1 N–H and O–H groups in total. The third-order valence-corrected chi connectivity index (χ3v) is 7.70. The predicted molar refractivity (Wildman–Crippen MR) is 143 cm³/mol. The number of alkyl halides is 3. The molecule has 0 amide bonds. The third kappa shape index (κ3) is 6.57. The number of hydrogen-bond donors (Lipinski definition) is 1. The van der Waals surface area contributed by atoms with Gasteiger partial charge in [0.1, 0.15) is 5.56 Å². The minimum absolute atomic E-state index is 0.0185. The number of ether oxygens (including phenoxy) is 5.